The zero-order valence-electron chi connectivity index (χ0n) is 12.1. The van der Waals surface area contributed by atoms with E-state index in [2.05, 4.69) is 15.3 Å². The molecule has 0 aliphatic heterocycles. The van der Waals surface area contributed by atoms with Crippen LogP contribution < -0.4 is 11.1 Å². The second kappa shape index (κ2) is 6.57. The van der Waals surface area contributed by atoms with Gasteiger partial charge in [-0.2, -0.15) is 9.98 Å². The lowest BCUT2D eigenvalue weighted by molar-refractivity contribution is -0.115. The molecule has 1 aromatic heterocycles. The van der Waals surface area contributed by atoms with Gasteiger partial charge in [0.15, 0.2) is 5.58 Å². The number of hydrogen-bond donors (Lipinski definition) is 2. The van der Waals surface area contributed by atoms with Gasteiger partial charge >= 0.3 is 6.01 Å². The monoisotopic (exact) mass is 306 g/mol. The van der Waals surface area contributed by atoms with E-state index in [1.807, 2.05) is 42.5 Å². The minimum Gasteiger partial charge on any atom is -0.422 e. The topological polar surface area (TPSA) is 93.5 Å². The number of nitrogens with two attached hydrogens (primary N) is 1. The molecule has 3 N–H and O–H groups in total. The number of nitrogens with one attached hydrogen (secondary N) is 1. The molecule has 3 aromatic rings. The van der Waals surface area contributed by atoms with Gasteiger partial charge in [0, 0.05) is 6.08 Å². The van der Waals surface area contributed by atoms with Gasteiger partial charge in [-0.15, -0.1) is 0 Å². The van der Waals surface area contributed by atoms with Crippen molar-refractivity contribution in [3.63, 3.8) is 0 Å². The maximum absolute atomic E-state index is 11.8. The minimum atomic E-state index is -0.383. The molecule has 114 valence electrons. The van der Waals surface area contributed by atoms with E-state index in [0.29, 0.717) is 11.1 Å². The normalized spacial score (nSPS) is 11.9. The molecule has 0 aliphatic carbocycles. The molecule has 0 bridgehead atoms. The molecule has 2 aromatic carbocycles. The Balaban J connectivity index is 1.67. The van der Waals surface area contributed by atoms with Crippen molar-refractivity contribution in [1.82, 2.24) is 10.3 Å². The molecule has 0 fully saturated rings. The average molecular weight is 306 g/mol. The van der Waals surface area contributed by atoms with E-state index >= 15 is 0 Å². The Hall–Kier alpha value is -3.41. The molecule has 1 heterocycles. The smallest absolute Gasteiger partial charge is 0.325 e. The van der Waals surface area contributed by atoms with Gasteiger partial charge < -0.3 is 10.2 Å². The van der Waals surface area contributed by atoms with Crippen LogP contribution in [0, 0.1) is 0 Å². The number of fused-ring (bicyclic) bond motifs is 1. The van der Waals surface area contributed by atoms with Crippen LogP contribution in [-0.4, -0.2) is 16.9 Å². The summed E-state index contributed by atoms with van der Waals surface area (Å²) in [6, 6.07) is 16.8. The van der Waals surface area contributed by atoms with Crippen molar-refractivity contribution < 1.29 is 9.21 Å². The number of aromatic nitrogens is 1. The first kappa shape index (κ1) is 14.5. The van der Waals surface area contributed by atoms with E-state index in [1.165, 1.54) is 6.08 Å². The number of oxazole rings is 1. The second-order valence-corrected chi connectivity index (χ2v) is 4.69. The summed E-state index contributed by atoms with van der Waals surface area (Å²) in [6.07, 6.45) is 3.06. The van der Waals surface area contributed by atoms with Crippen LogP contribution in [0.3, 0.4) is 0 Å². The molecular formula is C17H14N4O2. The summed E-state index contributed by atoms with van der Waals surface area (Å²) >= 11 is 0. The molecule has 6 heteroatoms. The lowest BCUT2D eigenvalue weighted by atomic mass is 10.2. The number of carbonyl (C=O) groups is 1. The molecule has 0 atom stereocenters. The predicted octanol–water partition coefficient (Wildman–Crippen LogP) is 2.60. The predicted molar refractivity (Wildman–Crippen MR) is 88.9 cm³/mol. The summed E-state index contributed by atoms with van der Waals surface area (Å²) in [5, 5.41) is 2.44. The van der Waals surface area contributed by atoms with E-state index in [4.69, 9.17) is 10.2 Å². The van der Waals surface area contributed by atoms with Crippen LogP contribution in [0.2, 0.25) is 0 Å². The quantitative estimate of drug-likeness (QED) is 0.442. The van der Waals surface area contributed by atoms with Crippen LogP contribution in [0.25, 0.3) is 17.2 Å². The highest BCUT2D eigenvalue weighted by Crippen LogP contribution is 2.19. The fourth-order valence-corrected chi connectivity index (χ4v) is 1.94. The fraction of sp³-hybridized carbons (Fsp3) is 0. The van der Waals surface area contributed by atoms with Crippen LogP contribution in [0.4, 0.5) is 6.01 Å². The first-order valence-corrected chi connectivity index (χ1v) is 6.94. The number of carbonyl (C=O) groups excluding carboxylic acids is 1. The summed E-state index contributed by atoms with van der Waals surface area (Å²) in [7, 11) is 0. The fourth-order valence-electron chi connectivity index (χ4n) is 1.94. The Bertz CT molecular complexity index is 849. The highest BCUT2D eigenvalue weighted by Gasteiger charge is 2.05. The zero-order chi connectivity index (χ0) is 16.1. The van der Waals surface area contributed by atoms with Crippen LogP contribution in [0.5, 0.6) is 0 Å². The van der Waals surface area contributed by atoms with Crippen LogP contribution in [0.15, 0.2) is 70.1 Å². The highest BCUT2D eigenvalue weighted by atomic mass is 16.4. The molecule has 0 saturated heterocycles. The van der Waals surface area contributed by atoms with E-state index in [1.54, 1.807) is 18.2 Å². The summed E-state index contributed by atoms with van der Waals surface area (Å²) in [5.74, 6) is -0.467. The largest absolute Gasteiger partial charge is 0.422 e. The molecule has 3 rings (SSSR count). The molecule has 6 nitrogen and oxygen atoms in total. The van der Waals surface area contributed by atoms with Crippen molar-refractivity contribution in [2.45, 2.75) is 0 Å². The van der Waals surface area contributed by atoms with Crippen LogP contribution >= 0.6 is 0 Å². The second-order valence-electron chi connectivity index (χ2n) is 4.69. The van der Waals surface area contributed by atoms with E-state index < -0.39 is 0 Å². The third-order valence-electron chi connectivity index (χ3n) is 2.98. The molecule has 0 spiro atoms. The Morgan fingerprint density at radius 1 is 1.13 bits per heavy atom. The van der Waals surface area contributed by atoms with Crippen molar-refractivity contribution >= 4 is 35.1 Å². The standard InChI is InChI=1S/C17H14N4O2/c18-16(20-15(22)11-10-12-6-2-1-3-7-12)21-17-19-13-8-4-5-9-14(13)23-17/h1-11H,(H3,18,19,20,21,22). The number of benzene rings is 2. The molecule has 0 aliphatic rings. The van der Waals surface area contributed by atoms with Gasteiger partial charge in [-0.3, -0.25) is 10.1 Å². The third-order valence-corrected chi connectivity index (χ3v) is 2.98. The maximum Gasteiger partial charge on any atom is 0.325 e. The number of aliphatic imine (C=N–C) groups is 1. The maximum atomic E-state index is 11.8. The van der Waals surface area contributed by atoms with Crippen LogP contribution in [0.1, 0.15) is 5.56 Å². The zero-order valence-corrected chi connectivity index (χ0v) is 12.1. The van der Waals surface area contributed by atoms with Crippen LogP contribution in [-0.2, 0) is 4.79 Å². The van der Waals surface area contributed by atoms with Crippen molar-refractivity contribution in [2.24, 2.45) is 10.7 Å². The summed E-state index contributed by atoms with van der Waals surface area (Å²) in [5.41, 5.74) is 7.88. The number of para-hydroxylation sites is 2. The van der Waals surface area contributed by atoms with Gasteiger partial charge in [-0.05, 0) is 23.8 Å². The molecule has 23 heavy (non-hydrogen) atoms. The number of guanidine groups is 1. The number of amides is 1. The summed E-state index contributed by atoms with van der Waals surface area (Å²) < 4.78 is 5.40. The van der Waals surface area contributed by atoms with Gasteiger partial charge in [-0.25, -0.2) is 0 Å². The number of hydrogen-bond acceptors (Lipinski definition) is 4. The van der Waals surface area contributed by atoms with Gasteiger partial charge in [0.05, 0.1) is 0 Å². The summed E-state index contributed by atoms with van der Waals surface area (Å²) in [4.78, 5) is 19.9. The molecule has 0 saturated carbocycles. The van der Waals surface area contributed by atoms with Crippen molar-refractivity contribution in [3.8, 4) is 0 Å². The van der Waals surface area contributed by atoms with Gasteiger partial charge in [0.25, 0.3) is 5.91 Å². The van der Waals surface area contributed by atoms with Gasteiger partial charge in [0.2, 0.25) is 5.96 Å². The number of rotatable bonds is 3. The van der Waals surface area contributed by atoms with Gasteiger partial charge in [-0.1, -0.05) is 42.5 Å². The Kier molecular flexibility index (Phi) is 4.15. The Morgan fingerprint density at radius 2 is 1.87 bits per heavy atom. The first-order chi connectivity index (χ1) is 11.2. The first-order valence-electron chi connectivity index (χ1n) is 6.94. The van der Waals surface area contributed by atoms with Crippen molar-refractivity contribution in [2.75, 3.05) is 0 Å². The lowest BCUT2D eigenvalue weighted by Gasteiger charge is -1.98. The van der Waals surface area contributed by atoms with Crippen molar-refractivity contribution in [1.29, 1.82) is 0 Å². The summed E-state index contributed by atoms with van der Waals surface area (Å²) in [6.45, 7) is 0. The van der Waals surface area contributed by atoms with E-state index in [-0.39, 0.29) is 17.9 Å². The SMILES string of the molecule is NC(=Nc1nc2ccccc2o1)NC(=O)C=Cc1ccccc1. The minimum absolute atomic E-state index is 0.0840. The van der Waals surface area contributed by atoms with Crippen molar-refractivity contribution in [3.05, 3.63) is 66.2 Å². The Morgan fingerprint density at radius 3 is 2.65 bits per heavy atom. The molecular weight excluding hydrogens is 292 g/mol. The lowest BCUT2D eigenvalue weighted by Crippen LogP contribution is -2.35. The number of nitrogens with zero attached hydrogens (tertiary/aromatic N) is 2. The molecule has 1 amide bonds. The average Bonchev–Trinajstić information content (AvgIpc) is 2.96. The van der Waals surface area contributed by atoms with E-state index in [0.717, 1.165) is 5.56 Å². The van der Waals surface area contributed by atoms with E-state index in [9.17, 15) is 4.79 Å². The van der Waals surface area contributed by atoms with Gasteiger partial charge in [0.1, 0.15) is 5.52 Å². The Labute approximate surface area is 132 Å². The third kappa shape index (κ3) is 3.82. The highest BCUT2D eigenvalue weighted by molar-refractivity contribution is 6.03. The molecule has 0 unspecified atom stereocenters. The molecule has 0 radical (unpaired) electrons.